The molecule has 2 aromatic heterocycles. The average molecular weight is 486 g/mol. The predicted octanol–water partition coefficient (Wildman–Crippen LogP) is 4.16. The number of hydrogen-bond acceptors (Lipinski definition) is 7. The number of carbonyl (C=O) groups is 2. The van der Waals surface area contributed by atoms with E-state index >= 15 is 0 Å². The van der Waals surface area contributed by atoms with Crippen LogP contribution in [0, 0.1) is 11.3 Å². The number of amides is 2. The van der Waals surface area contributed by atoms with E-state index < -0.39 is 0 Å². The first-order chi connectivity index (χ1) is 17.0. The monoisotopic (exact) mass is 485 g/mol. The molecular weight excluding hydrogens is 458 g/mol. The molecule has 0 bridgehead atoms. The van der Waals surface area contributed by atoms with Crippen LogP contribution in [0.4, 0.5) is 5.69 Å². The third-order valence-corrected chi connectivity index (χ3v) is 8.86. The Morgan fingerprint density at radius 2 is 2.00 bits per heavy atom. The number of anilines is 1. The minimum atomic E-state index is -0.315. The van der Waals surface area contributed by atoms with Crippen LogP contribution >= 0.6 is 11.3 Å². The van der Waals surface area contributed by atoms with E-state index in [9.17, 15) is 14.9 Å². The first kappa shape index (κ1) is 22.2. The van der Waals surface area contributed by atoms with Crippen LogP contribution < -0.4 is 10.2 Å². The van der Waals surface area contributed by atoms with E-state index in [1.165, 1.54) is 16.2 Å². The molecule has 5 heterocycles. The summed E-state index contributed by atoms with van der Waals surface area (Å²) in [6, 6.07) is 10.6. The number of aryl methyl sites for hydroxylation is 1. The molecule has 2 saturated heterocycles. The van der Waals surface area contributed by atoms with E-state index in [0.717, 1.165) is 65.1 Å². The number of aromatic nitrogens is 1. The molecule has 2 amide bonds. The van der Waals surface area contributed by atoms with Crippen molar-refractivity contribution < 1.29 is 9.59 Å². The molecule has 3 aromatic rings. The van der Waals surface area contributed by atoms with Crippen molar-refractivity contribution >= 4 is 39.1 Å². The summed E-state index contributed by atoms with van der Waals surface area (Å²) >= 11 is 1.59. The van der Waals surface area contributed by atoms with Crippen LogP contribution in [0.2, 0.25) is 0 Å². The van der Waals surface area contributed by atoms with Crippen LogP contribution in [0.25, 0.3) is 21.3 Å². The van der Waals surface area contributed by atoms with Gasteiger partial charge in [0.05, 0.1) is 27.9 Å². The Kier molecular flexibility index (Phi) is 5.54. The molecule has 2 atom stereocenters. The molecule has 2 fully saturated rings. The molecule has 0 spiro atoms. The first-order valence-electron chi connectivity index (χ1n) is 12.3. The maximum absolute atomic E-state index is 12.3. The highest BCUT2D eigenvalue weighted by molar-refractivity contribution is 7.19. The number of nitrogens with one attached hydrogen (secondary N) is 1. The number of thiophene rings is 1. The van der Waals surface area contributed by atoms with E-state index in [1.807, 2.05) is 31.3 Å². The van der Waals surface area contributed by atoms with E-state index in [2.05, 4.69) is 27.3 Å². The van der Waals surface area contributed by atoms with Crippen molar-refractivity contribution in [3.05, 3.63) is 46.5 Å². The molecule has 3 aliphatic rings. The Morgan fingerprint density at radius 3 is 2.74 bits per heavy atom. The second-order valence-electron chi connectivity index (χ2n) is 9.64. The fourth-order valence-electron chi connectivity index (χ4n) is 5.84. The second kappa shape index (κ2) is 8.74. The number of benzene rings is 1. The van der Waals surface area contributed by atoms with Crippen molar-refractivity contribution in [1.82, 2.24) is 15.2 Å². The zero-order chi connectivity index (χ0) is 24.1. The van der Waals surface area contributed by atoms with Gasteiger partial charge in [0.15, 0.2) is 0 Å². The molecule has 0 aliphatic carbocycles. The highest BCUT2D eigenvalue weighted by atomic mass is 32.1. The van der Waals surface area contributed by atoms with Crippen molar-refractivity contribution in [2.45, 2.75) is 51.1 Å². The lowest BCUT2D eigenvalue weighted by Crippen LogP contribution is -2.40. The zero-order valence-corrected chi connectivity index (χ0v) is 20.5. The third-order valence-electron chi connectivity index (χ3n) is 7.54. The summed E-state index contributed by atoms with van der Waals surface area (Å²) in [5.41, 5.74) is 6.14. The fraction of sp³-hybridized carbons (Fsp3) is 0.407. The Morgan fingerprint density at radius 1 is 1.17 bits per heavy atom. The van der Waals surface area contributed by atoms with Gasteiger partial charge in [-0.3, -0.25) is 19.5 Å². The predicted molar refractivity (Wildman–Crippen MR) is 136 cm³/mol. The fourth-order valence-corrected chi connectivity index (χ4v) is 7.03. The summed E-state index contributed by atoms with van der Waals surface area (Å²) in [7, 11) is 0. The molecule has 1 aromatic carbocycles. The molecule has 3 aliphatic heterocycles. The molecule has 1 N–H and O–H groups in total. The van der Waals surface area contributed by atoms with Crippen molar-refractivity contribution in [1.29, 1.82) is 5.26 Å². The Hall–Kier alpha value is -3.28. The van der Waals surface area contributed by atoms with Crippen LogP contribution in [0.1, 0.15) is 54.7 Å². The molecule has 7 nitrogen and oxygen atoms in total. The number of carbonyl (C=O) groups excluding carboxylic acids is 2. The first-order valence-corrected chi connectivity index (χ1v) is 13.1. The van der Waals surface area contributed by atoms with Gasteiger partial charge in [0.25, 0.3) is 0 Å². The zero-order valence-electron chi connectivity index (χ0n) is 19.7. The van der Waals surface area contributed by atoms with Crippen molar-refractivity contribution in [2.75, 3.05) is 24.5 Å². The molecule has 6 rings (SSSR count). The molecular formula is C27H27N5O2S. The van der Waals surface area contributed by atoms with Gasteiger partial charge in [-0.1, -0.05) is 0 Å². The number of fused-ring (bicyclic) bond motifs is 2. The molecule has 0 radical (unpaired) electrons. The maximum Gasteiger partial charge on any atom is 0.230 e. The molecule has 0 unspecified atom stereocenters. The molecule has 178 valence electrons. The van der Waals surface area contributed by atoms with Gasteiger partial charge in [-0.15, -0.1) is 11.3 Å². The summed E-state index contributed by atoms with van der Waals surface area (Å²) in [6.07, 6.45) is 5.56. The normalized spacial score (nSPS) is 21.0. The smallest absolute Gasteiger partial charge is 0.230 e. The van der Waals surface area contributed by atoms with Gasteiger partial charge in [0, 0.05) is 59.9 Å². The van der Waals surface area contributed by atoms with Gasteiger partial charge >= 0.3 is 0 Å². The summed E-state index contributed by atoms with van der Waals surface area (Å²) < 4.78 is 1.03. The van der Waals surface area contributed by atoms with E-state index in [-0.39, 0.29) is 30.7 Å². The number of likely N-dealkylation sites (tertiary alicyclic amines) is 1. The van der Waals surface area contributed by atoms with Crippen molar-refractivity contribution in [3.8, 4) is 17.2 Å². The lowest BCUT2D eigenvalue weighted by atomic mass is 9.90. The highest BCUT2D eigenvalue weighted by Gasteiger charge is 2.35. The number of pyridine rings is 1. The van der Waals surface area contributed by atoms with Gasteiger partial charge < -0.3 is 10.2 Å². The Balaban J connectivity index is 1.50. The topological polar surface area (TPSA) is 89.3 Å². The van der Waals surface area contributed by atoms with E-state index in [4.69, 9.17) is 0 Å². The molecule has 8 heteroatoms. The SMILES string of the molecule is C[C@@H](c1cc2nccc(-c3cc(C#N)cc4c3N([C@@H]3CCNC3)CCC4)c2s1)N1C(=O)CCC1=O. The number of hydrogen-bond donors (Lipinski definition) is 1. The van der Waals surface area contributed by atoms with Crippen molar-refractivity contribution in [2.24, 2.45) is 0 Å². The average Bonchev–Trinajstić information content (AvgIpc) is 3.62. The van der Waals surface area contributed by atoms with Gasteiger partial charge in [-0.05, 0) is 62.6 Å². The number of nitriles is 1. The Labute approximate surface area is 208 Å². The summed E-state index contributed by atoms with van der Waals surface area (Å²) in [4.78, 5) is 34.2. The lowest BCUT2D eigenvalue weighted by Gasteiger charge is -2.38. The molecule has 0 saturated carbocycles. The van der Waals surface area contributed by atoms with Crippen molar-refractivity contribution in [3.63, 3.8) is 0 Å². The lowest BCUT2D eigenvalue weighted by molar-refractivity contribution is -0.140. The third kappa shape index (κ3) is 3.70. The number of rotatable bonds is 4. The minimum Gasteiger partial charge on any atom is -0.366 e. The van der Waals surface area contributed by atoms with Crippen LogP contribution in [0.15, 0.2) is 30.5 Å². The largest absolute Gasteiger partial charge is 0.366 e. The van der Waals surface area contributed by atoms with Gasteiger partial charge in [-0.25, -0.2) is 0 Å². The van der Waals surface area contributed by atoms with Gasteiger partial charge in [-0.2, -0.15) is 5.26 Å². The van der Waals surface area contributed by atoms with Crippen LogP contribution in [-0.4, -0.2) is 47.4 Å². The van der Waals surface area contributed by atoms with E-state index in [0.29, 0.717) is 11.6 Å². The highest BCUT2D eigenvalue weighted by Crippen LogP contribution is 2.45. The summed E-state index contributed by atoms with van der Waals surface area (Å²) in [5.74, 6) is -0.213. The van der Waals surface area contributed by atoms with Gasteiger partial charge in [0.2, 0.25) is 11.8 Å². The number of imide groups is 1. The van der Waals surface area contributed by atoms with Crippen LogP contribution in [-0.2, 0) is 16.0 Å². The maximum atomic E-state index is 12.3. The quantitative estimate of drug-likeness (QED) is 0.558. The van der Waals surface area contributed by atoms with Gasteiger partial charge in [0.1, 0.15) is 0 Å². The Bertz CT molecular complexity index is 1370. The molecule has 35 heavy (non-hydrogen) atoms. The van der Waals surface area contributed by atoms with Crippen LogP contribution in [0.3, 0.4) is 0 Å². The standard InChI is InChI=1S/C27H27N5O2S/c1-16(32-24(33)4-5-25(32)34)23-13-22-27(35-23)20(7-9-30-22)21-12-17(14-28)11-18-3-2-10-31(26(18)21)19-6-8-29-15-19/h7,9,11-13,16,19,29H,2-6,8,10,15H2,1H3/t16-,19+/m0/s1. The minimum absolute atomic E-state index is 0.107. The second-order valence-corrected chi connectivity index (χ2v) is 10.7. The summed E-state index contributed by atoms with van der Waals surface area (Å²) in [5, 5.41) is 13.3. The summed E-state index contributed by atoms with van der Waals surface area (Å²) in [6.45, 7) is 4.93. The number of nitrogens with zero attached hydrogens (tertiary/aromatic N) is 4. The van der Waals surface area contributed by atoms with E-state index in [1.54, 1.807) is 11.3 Å². The van der Waals surface area contributed by atoms with Crippen LogP contribution in [0.5, 0.6) is 0 Å².